The normalized spacial score (nSPS) is 12.6. The SMILES string of the molecule is Cc1cccc(-c2nnc(C(C)Sc3nc4ccccc4[nH]3)o2)c1. The Morgan fingerprint density at radius 2 is 1.96 bits per heavy atom. The van der Waals surface area contributed by atoms with Gasteiger partial charge in [-0.15, -0.1) is 10.2 Å². The van der Waals surface area contributed by atoms with Crippen LogP contribution in [-0.4, -0.2) is 20.2 Å². The number of rotatable bonds is 4. The number of aryl methyl sites for hydroxylation is 1. The lowest BCUT2D eigenvalue weighted by Gasteiger charge is -2.03. The van der Waals surface area contributed by atoms with Crippen LogP contribution in [0.4, 0.5) is 0 Å². The number of imidazole rings is 1. The van der Waals surface area contributed by atoms with E-state index in [0.717, 1.165) is 27.3 Å². The number of para-hydroxylation sites is 2. The summed E-state index contributed by atoms with van der Waals surface area (Å²) in [6.07, 6.45) is 0. The Bertz CT molecular complexity index is 958. The fraction of sp³-hybridized carbons (Fsp3) is 0.167. The van der Waals surface area contributed by atoms with E-state index in [4.69, 9.17) is 4.42 Å². The lowest BCUT2D eigenvalue weighted by molar-refractivity contribution is 0.509. The lowest BCUT2D eigenvalue weighted by Crippen LogP contribution is -1.89. The van der Waals surface area contributed by atoms with Gasteiger partial charge in [-0.3, -0.25) is 0 Å². The molecule has 0 radical (unpaired) electrons. The van der Waals surface area contributed by atoms with Crippen LogP contribution in [0.1, 0.15) is 23.6 Å². The van der Waals surface area contributed by atoms with Crippen molar-refractivity contribution < 1.29 is 4.42 Å². The monoisotopic (exact) mass is 336 g/mol. The fourth-order valence-corrected chi connectivity index (χ4v) is 3.35. The van der Waals surface area contributed by atoms with E-state index in [1.165, 1.54) is 0 Å². The Labute approximate surface area is 143 Å². The minimum Gasteiger partial charge on any atom is -0.419 e. The van der Waals surface area contributed by atoms with Crippen LogP contribution in [0.5, 0.6) is 0 Å². The minimum absolute atomic E-state index is 0.0108. The van der Waals surface area contributed by atoms with Gasteiger partial charge in [0.15, 0.2) is 5.16 Å². The summed E-state index contributed by atoms with van der Waals surface area (Å²) in [4.78, 5) is 7.88. The molecule has 2 aromatic heterocycles. The Balaban J connectivity index is 1.55. The number of aromatic nitrogens is 4. The number of nitrogens with one attached hydrogen (secondary N) is 1. The van der Waals surface area contributed by atoms with Gasteiger partial charge in [-0.2, -0.15) is 0 Å². The van der Waals surface area contributed by atoms with Gasteiger partial charge < -0.3 is 9.40 Å². The van der Waals surface area contributed by atoms with Crippen LogP contribution >= 0.6 is 11.8 Å². The Morgan fingerprint density at radius 1 is 1.08 bits per heavy atom. The van der Waals surface area contributed by atoms with E-state index in [0.29, 0.717) is 11.8 Å². The van der Waals surface area contributed by atoms with Crippen LogP contribution in [0.15, 0.2) is 58.1 Å². The van der Waals surface area contributed by atoms with Gasteiger partial charge in [-0.1, -0.05) is 41.6 Å². The Morgan fingerprint density at radius 3 is 2.79 bits per heavy atom. The summed E-state index contributed by atoms with van der Waals surface area (Å²) in [6.45, 7) is 4.08. The van der Waals surface area contributed by atoms with E-state index < -0.39 is 0 Å². The first-order valence-electron chi connectivity index (χ1n) is 7.71. The summed E-state index contributed by atoms with van der Waals surface area (Å²) >= 11 is 1.57. The molecule has 120 valence electrons. The minimum atomic E-state index is 0.0108. The van der Waals surface area contributed by atoms with Crippen LogP contribution in [0, 0.1) is 6.92 Å². The summed E-state index contributed by atoms with van der Waals surface area (Å²) in [6, 6.07) is 16.0. The summed E-state index contributed by atoms with van der Waals surface area (Å²) < 4.78 is 5.85. The zero-order valence-electron chi connectivity index (χ0n) is 13.4. The molecule has 1 N–H and O–H groups in total. The number of aromatic amines is 1. The van der Waals surface area contributed by atoms with Crippen LogP contribution < -0.4 is 0 Å². The highest BCUT2D eigenvalue weighted by Crippen LogP contribution is 2.34. The molecule has 1 unspecified atom stereocenters. The van der Waals surface area contributed by atoms with Gasteiger partial charge in [0, 0.05) is 5.56 Å². The average molecular weight is 336 g/mol. The highest BCUT2D eigenvalue weighted by molar-refractivity contribution is 7.99. The molecule has 2 heterocycles. The van der Waals surface area contributed by atoms with Gasteiger partial charge in [0.2, 0.25) is 11.8 Å². The van der Waals surface area contributed by atoms with Gasteiger partial charge in [0.1, 0.15) is 0 Å². The van der Waals surface area contributed by atoms with Crippen molar-refractivity contribution in [2.45, 2.75) is 24.3 Å². The van der Waals surface area contributed by atoms with Gasteiger partial charge in [0.05, 0.1) is 16.3 Å². The molecule has 0 spiro atoms. The molecule has 6 heteroatoms. The van der Waals surface area contributed by atoms with E-state index in [-0.39, 0.29) is 5.25 Å². The molecular weight excluding hydrogens is 320 g/mol. The van der Waals surface area contributed by atoms with Gasteiger partial charge in [-0.25, -0.2) is 4.98 Å². The maximum Gasteiger partial charge on any atom is 0.247 e. The highest BCUT2D eigenvalue weighted by Gasteiger charge is 2.18. The summed E-state index contributed by atoms with van der Waals surface area (Å²) in [5.74, 6) is 1.14. The quantitative estimate of drug-likeness (QED) is 0.543. The molecular formula is C18H16N4OS. The van der Waals surface area contributed by atoms with Crippen molar-refractivity contribution in [2.24, 2.45) is 0 Å². The fourth-order valence-electron chi connectivity index (χ4n) is 2.50. The Hall–Kier alpha value is -2.60. The number of fused-ring (bicyclic) bond motifs is 1. The standard InChI is InChI=1S/C18H16N4OS/c1-11-6-5-7-13(10-11)17-22-21-16(23-17)12(2)24-18-19-14-8-3-4-9-15(14)20-18/h3-10,12H,1-2H3,(H,19,20). The van der Waals surface area contributed by atoms with E-state index >= 15 is 0 Å². The number of nitrogens with zero attached hydrogens (tertiary/aromatic N) is 3. The molecule has 24 heavy (non-hydrogen) atoms. The molecule has 0 aliphatic carbocycles. The van der Waals surface area contributed by atoms with Crippen LogP contribution in [0.3, 0.4) is 0 Å². The second kappa shape index (κ2) is 6.13. The maximum atomic E-state index is 5.85. The molecule has 2 aromatic carbocycles. The second-order valence-corrected chi connectivity index (χ2v) is 6.96. The van der Waals surface area contributed by atoms with E-state index in [9.17, 15) is 0 Å². The zero-order valence-corrected chi connectivity index (χ0v) is 14.2. The number of H-pyrrole nitrogens is 1. The van der Waals surface area contributed by atoms with Crippen LogP contribution in [0.2, 0.25) is 0 Å². The first-order chi connectivity index (χ1) is 11.7. The molecule has 0 aliphatic rings. The molecule has 4 aromatic rings. The first kappa shape index (κ1) is 15.0. The number of hydrogen-bond donors (Lipinski definition) is 1. The largest absolute Gasteiger partial charge is 0.419 e. The molecule has 4 rings (SSSR count). The summed E-state index contributed by atoms with van der Waals surface area (Å²) in [5.41, 5.74) is 4.09. The molecule has 0 amide bonds. The van der Waals surface area contributed by atoms with Gasteiger partial charge in [0.25, 0.3) is 0 Å². The molecule has 0 fully saturated rings. The van der Waals surface area contributed by atoms with Crippen molar-refractivity contribution in [3.63, 3.8) is 0 Å². The Kier molecular flexibility index (Phi) is 3.82. The van der Waals surface area contributed by atoms with Gasteiger partial charge in [-0.05, 0) is 38.1 Å². The third kappa shape index (κ3) is 2.92. The second-order valence-electron chi connectivity index (χ2n) is 5.63. The molecule has 0 aliphatic heterocycles. The number of benzene rings is 2. The zero-order chi connectivity index (χ0) is 16.5. The van der Waals surface area contributed by atoms with Crippen LogP contribution in [-0.2, 0) is 0 Å². The third-order valence-corrected chi connectivity index (χ3v) is 4.68. The first-order valence-corrected chi connectivity index (χ1v) is 8.59. The van der Waals surface area contributed by atoms with Crippen molar-refractivity contribution in [2.75, 3.05) is 0 Å². The van der Waals surface area contributed by atoms with E-state index in [1.807, 2.05) is 62.4 Å². The summed E-state index contributed by atoms with van der Waals surface area (Å²) in [7, 11) is 0. The third-order valence-electron chi connectivity index (χ3n) is 3.71. The molecule has 0 saturated carbocycles. The molecule has 1 atom stereocenters. The predicted octanol–water partition coefficient (Wildman–Crippen LogP) is 4.77. The number of thioether (sulfide) groups is 1. The predicted molar refractivity (Wildman–Crippen MR) is 94.8 cm³/mol. The van der Waals surface area contributed by atoms with Gasteiger partial charge >= 0.3 is 0 Å². The topological polar surface area (TPSA) is 67.6 Å². The highest BCUT2D eigenvalue weighted by atomic mass is 32.2. The summed E-state index contributed by atoms with van der Waals surface area (Å²) in [5, 5.41) is 9.22. The average Bonchev–Trinajstić information content (AvgIpc) is 3.21. The number of hydrogen-bond acceptors (Lipinski definition) is 5. The maximum absolute atomic E-state index is 5.85. The molecule has 0 bridgehead atoms. The van der Waals surface area contributed by atoms with Crippen molar-refractivity contribution >= 4 is 22.8 Å². The van der Waals surface area contributed by atoms with Crippen molar-refractivity contribution in [1.82, 2.24) is 20.2 Å². The molecule has 0 saturated heterocycles. The smallest absolute Gasteiger partial charge is 0.247 e. The van der Waals surface area contributed by atoms with Crippen molar-refractivity contribution in [3.05, 3.63) is 60.0 Å². The lowest BCUT2D eigenvalue weighted by atomic mass is 10.1. The van der Waals surface area contributed by atoms with Crippen molar-refractivity contribution in [3.8, 4) is 11.5 Å². The van der Waals surface area contributed by atoms with E-state index in [1.54, 1.807) is 11.8 Å². The van der Waals surface area contributed by atoms with E-state index in [2.05, 4.69) is 20.2 Å². The van der Waals surface area contributed by atoms with Crippen molar-refractivity contribution in [1.29, 1.82) is 0 Å². The van der Waals surface area contributed by atoms with Crippen LogP contribution in [0.25, 0.3) is 22.5 Å². The molecule has 5 nitrogen and oxygen atoms in total.